The van der Waals surface area contributed by atoms with Gasteiger partial charge in [-0.1, -0.05) is 12.6 Å². The van der Waals surface area contributed by atoms with Gasteiger partial charge in [0.1, 0.15) is 6.61 Å². The van der Waals surface area contributed by atoms with Gasteiger partial charge < -0.3 is 14.2 Å². The zero-order chi connectivity index (χ0) is 18.7. The van der Waals surface area contributed by atoms with Crippen LogP contribution < -0.4 is 9.47 Å². The van der Waals surface area contributed by atoms with Gasteiger partial charge >= 0.3 is 5.97 Å². The Hall–Kier alpha value is -2.38. The van der Waals surface area contributed by atoms with Gasteiger partial charge in [-0.25, -0.2) is 9.79 Å². The summed E-state index contributed by atoms with van der Waals surface area (Å²) in [6.07, 6.45) is 1.65. The summed E-state index contributed by atoms with van der Waals surface area (Å²) in [5.74, 6) is 0.963. The minimum atomic E-state index is -0.480. The molecule has 0 atom stereocenters. The summed E-state index contributed by atoms with van der Waals surface area (Å²) in [4.78, 5) is 17.2. The molecule has 1 aromatic carbocycles. The third-order valence-corrected chi connectivity index (χ3v) is 4.82. The maximum absolute atomic E-state index is 12.1. The van der Waals surface area contributed by atoms with Gasteiger partial charge in [0.15, 0.2) is 17.2 Å². The lowest BCUT2D eigenvalue weighted by Crippen LogP contribution is -2.03. The number of esters is 1. The number of hydrogen-bond donors (Lipinski definition) is 0. The van der Waals surface area contributed by atoms with Crippen LogP contribution in [0.15, 0.2) is 57.0 Å². The summed E-state index contributed by atoms with van der Waals surface area (Å²) >= 11 is 4.94. The van der Waals surface area contributed by atoms with E-state index < -0.39 is 5.97 Å². The first kappa shape index (κ1) is 18.4. The minimum Gasteiger partial charge on any atom is -0.493 e. The number of halogens is 1. The normalized spacial score (nSPS) is 15.0. The second-order valence-electron chi connectivity index (χ2n) is 5.59. The Balaban J connectivity index is 1.92. The molecule has 0 amide bonds. The first-order chi connectivity index (χ1) is 12.5. The summed E-state index contributed by atoms with van der Waals surface area (Å²) < 4.78 is 17.1. The number of hydrogen-bond acceptors (Lipinski definition) is 6. The third kappa shape index (κ3) is 4.05. The van der Waals surface area contributed by atoms with Crippen LogP contribution in [0.1, 0.15) is 17.4 Å². The fourth-order valence-corrected chi connectivity index (χ4v) is 3.45. The zero-order valence-corrected chi connectivity index (χ0v) is 16.6. The number of aliphatic imine (C=N–C) groups is 1. The molecule has 0 aliphatic carbocycles. The van der Waals surface area contributed by atoms with Crippen LogP contribution in [0.25, 0.3) is 6.08 Å². The van der Waals surface area contributed by atoms with Gasteiger partial charge in [0.2, 0.25) is 5.90 Å². The molecule has 0 unspecified atom stereocenters. The highest BCUT2D eigenvalue weighted by Gasteiger charge is 2.25. The molecule has 0 saturated heterocycles. The number of thiophene rings is 1. The van der Waals surface area contributed by atoms with Gasteiger partial charge in [0.05, 0.1) is 16.5 Å². The molecular weight excluding hydrogens is 418 g/mol. The number of cyclic esters (lactones) is 1. The zero-order valence-electron chi connectivity index (χ0n) is 14.2. The molecule has 26 heavy (non-hydrogen) atoms. The van der Waals surface area contributed by atoms with E-state index in [1.54, 1.807) is 19.3 Å². The van der Waals surface area contributed by atoms with E-state index in [4.69, 9.17) is 14.2 Å². The van der Waals surface area contributed by atoms with E-state index in [9.17, 15) is 4.79 Å². The molecular formula is C19H16BrNO4S. The third-order valence-electron chi connectivity index (χ3n) is 3.37. The summed E-state index contributed by atoms with van der Waals surface area (Å²) in [6.45, 7) is 6.09. The molecule has 7 heteroatoms. The first-order valence-corrected chi connectivity index (χ1v) is 9.36. The molecule has 2 aromatic rings. The number of carbonyl (C=O) groups is 1. The van der Waals surface area contributed by atoms with Gasteiger partial charge in [0.25, 0.3) is 0 Å². The average Bonchev–Trinajstić information content (AvgIpc) is 3.23. The summed E-state index contributed by atoms with van der Waals surface area (Å²) in [6, 6.07) is 7.34. The second kappa shape index (κ2) is 7.88. The number of nitrogens with zero attached hydrogens (tertiary/aromatic N) is 1. The molecule has 134 valence electrons. The van der Waals surface area contributed by atoms with Crippen molar-refractivity contribution in [2.75, 3.05) is 13.7 Å². The van der Waals surface area contributed by atoms with Gasteiger partial charge in [-0.05, 0) is 63.6 Å². The molecule has 0 fully saturated rings. The Labute approximate surface area is 163 Å². The van der Waals surface area contributed by atoms with Crippen molar-refractivity contribution in [3.05, 3.63) is 62.4 Å². The Kier molecular flexibility index (Phi) is 5.58. The topological polar surface area (TPSA) is 57.1 Å². The first-order valence-electron chi connectivity index (χ1n) is 7.69. The molecule has 1 aliphatic rings. The predicted octanol–water partition coefficient (Wildman–Crippen LogP) is 4.82. The highest BCUT2D eigenvalue weighted by atomic mass is 79.9. The number of rotatable bonds is 6. The number of methoxy groups -OCH3 is 1. The van der Waals surface area contributed by atoms with Crippen molar-refractivity contribution in [2.45, 2.75) is 6.92 Å². The van der Waals surface area contributed by atoms with Crippen molar-refractivity contribution in [1.29, 1.82) is 0 Å². The SMILES string of the molecule is C=C(C)COc1c(Br)cc(/C=C2/N=C(c3cccs3)OC2=O)cc1OC. The number of carbonyl (C=O) groups excluding carboxylic acids is 1. The van der Waals surface area contributed by atoms with Gasteiger partial charge in [0, 0.05) is 0 Å². The van der Waals surface area contributed by atoms with Crippen LogP contribution >= 0.6 is 27.3 Å². The molecule has 1 aliphatic heterocycles. The van der Waals surface area contributed by atoms with Crippen molar-refractivity contribution in [2.24, 2.45) is 4.99 Å². The van der Waals surface area contributed by atoms with E-state index >= 15 is 0 Å². The van der Waals surface area contributed by atoms with E-state index in [-0.39, 0.29) is 5.70 Å². The second-order valence-corrected chi connectivity index (χ2v) is 7.40. The molecule has 5 nitrogen and oxygen atoms in total. The lowest BCUT2D eigenvalue weighted by molar-refractivity contribution is -0.129. The maximum Gasteiger partial charge on any atom is 0.363 e. The monoisotopic (exact) mass is 433 g/mol. The van der Waals surface area contributed by atoms with E-state index in [0.717, 1.165) is 16.0 Å². The standard InChI is InChI=1S/C19H16BrNO4S/c1-11(2)10-24-17-13(20)7-12(9-15(17)23-3)8-14-19(22)25-18(21-14)16-5-4-6-26-16/h4-9H,1,10H2,2-3H3/b14-8+. The van der Waals surface area contributed by atoms with Crippen LogP contribution in [-0.2, 0) is 9.53 Å². The Bertz CT molecular complexity index is 916. The Morgan fingerprint density at radius 2 is 2.27 bits per heavy atom. The van der Waals surface area contributed by atoms with Gasteiger partial charge in [-0.15, -0.1) is 11.3 Å². The van der Waals surface area contributed by atoms with Crippen molar-refractivity contribution in [1.82, 2.24) is 0 Å². The minimum absolute atomic E-state index is 0.234. The highest BCUT2D eigenvalue weighted by Crippen LogP contribution is 2.37. The Morgan fingerprint density at radius 1 is 1.46 bits per heavy atom. The van der Waals surface area contributed by atoms with Crippen molar-refractivity contribution < 1.29 is 19.0 Å². The van der Waals surface area contributed by atoms with Crippen LogP contribution in [0.2, 0.25) is 0 Å². The average molecular weight is 434 g/mol. The van der Waals surface area contributed by atoms with Crippen LogP contribution in [0.3, 0.4) is 0 Å². The lowest BCUT2D eigenvalue weighted by atomic mass is 10.1. The van der Waals surface area contributed by atoms with E-state index in [2.05, 4.69) is 27.5 Å². The fourth-order valence-electron chi connectivity index (χ4n) is 2.23. The molecule has 3 rings (SSSR count). The van der Waals surface area contributed by atoms with Crippen molar-refractivity contribution in [3.63, 3.8) is 0 Å². The van der Waals surface area contributed by atoms with E-state index in [0.29, 0.717) is 28.5 Å². The van der Waals surface area contributed by atoms with Crippen molar-refractivity contribution in [3.8, 4) is 11.5 Å². The summed E-state index contributed by atoms with van der Waals surface area (Å²) in [7, 11) is 1.56. The molecule has 0 radical (unpaired) electrons. The molecule has 0 spiro atoms. The van der Waals surface area contributed by atoms with Crippen LogP contribution in [-0.4, -0.2) is 25.6 Å². The fraction of sp³-hybridized carbons (Fsp3) is 0.158. The quantitative estimate of drug-likeness (QED) is 0.372. The van der Waals surface area contributed by atoms with Crippen LogP contribution in [0.4, 0.5) is 0 Å². The molecule has 1 aromatic heterocycles. The van der Waals surface area contributed by atoms with E-state index in [1.165, 1.54) is 11.3 Å². The summed E-state index contributed by atoms with van der Waals surface area (Å²) in [5.41, 5.74) is 1.87. The Morgan fingerprint density at radius 3 is 2.92 bits per heavy atom. The van der Waals surface area contributed by atoms with Crippen LogP contribution in [0, 0.1) is 0 Å². The van der Waals surface area contributed by atoms with Gasteiger partial charge in [-0.2, -0.15) is 0 Å². The van der Waals surface area contributed by atoms with Crippen LogP contribution in [0.5, 0.6) is 11.5 Å². The maximum atomic E-state index is 12.1. The number of benzene rings is 1. The highest BCUT2D eigenvalue weighted by molar-refractivity contribution is 9.10. The molecule has 0 N–H and O–H groups in total. The predicted molar refractivity (Wildman–Crippen MR) is 106 cm³/mol. The summed E-state index contributed by atoms with van der Waals surface area (Å²) in [5, 5.41) is 1.90. The lowest BCUT2D eigenvalue weighted by Gasteiger charge is -2.13. The number of ether oxygens (including phenoxy) is 3. The van der Waals surface area contributed by atoms with Gasteiger partial charge in [-0.3, -0.25) is 0 Å². The largest absolute Gasteiger partial charge is 0.493 e. The van der Waals surface area contributed by atoms with Crippen molar-refractivity contribution >= 4 is 45.2 Å². The van der Waals surface area contributed by atoms with E-state index in [1.807, 2.05) is 30.5 Å². The molecule has 0 saturated carbocycles. The molecule has 0 bridgehead atoms. The molecule has 2 heterocycles. The smallest absolute Gasteiger partial charge is 0.363 e.